The maximum atomic E-state index is 12.4. The molecular weight excluding hydrogens is 318 g/mol. The van der Waals surface area contributed by atoms with Gasteiger partial charge in [-0.2, -0.15) is 10.2 Å². The minimum atomic E-state index is -0.382. The summed E-state index contributed by atoms with van der Waals surface area (Å²) in [5, 5.41) is 9.78. The van der Waals surface area contributed by atoms with E-state index >= 15 is 0 Å². The summed E-state index contributed by atoms with van der Waals surface area (Å²) in [6.07, 6.45) is 0.931. The van der Waals surface area contributed by atoms with Crippen molar-refractivity contribution in [1.29, 1.82) is 0 Å². The van der Waals surface area contributed by atoms with Gasteiger partial charge in [0, 0.05) is 24.8 Å². The standard InChI is InChI=1S/C18H23N5O2/c1-7-8-23-17-16(11(3)21-23)13(18(24)25-6)9-14(19-17)15-10(2)20-22(5)12(15)4/h9H,7-8H2,1-6H3. The Bertz CT molecular complexity index is 968. The first-order chi connectivity index (χ1) is 11.9. The van der Waals surface area contributed by atoms with E-state index in [0.29, 0.717) is 16.9 Å². The molecule has 3 aromatic rings. The number of carbonyl (C=O) groups excluding carboxylic acids is 1. The highest BCUT2D eigenvalue weighted by atomic mass is 16.5. The van der Waals surface area contributed by atoms with E-state index in [-0.39, 0.29) is 5.97 Å². The SMILES string of the molecule is CCCn1nc(C)c2c(C(=O)OC)cc(-c3c(C)nn(C)c3C)nc21. The van der Waals surface area contributed by atoms with Gasteiger partial charge in [-0.15, -0.1) is 0 Å². The van der Waals surface area contributed by atoms with Crippen LogP contribution in [0.1, 0.15) is 40.8 Å². The van der Waals surface area contributed by atoms with E-state index in [1.807, 2.05) is 37.2 Å². The Hall–Kier alpha value is -2.70. The van der Waals surface area contributed by atoms with E-state index in [4.69, 9.17) is 9.72 Å². The Labute approximate surface area is 146 Å². The third-order valence-corrected chi connectivity index (χ3v) is 4.48. The van der Waals surface area contributed by atoms with Crippen LogP contribution in [0.5, 0.6) is 0 Å². The lowest BCUT2D eigenvalue weighted by atomic mass is 10.0. The Balaban J connectivity index is 2.38. The van der Waals surface area contributed by atoms with Crippen LogP contribution in [-0.4, -0.2) is 37.6 Å². The van der Waals surface area contributed by atoms with E-state index in [1.54, 1.807) is 6.07 Å². The summed E-state index contributed by atoms with van der Waals surface area (Å²) in [6.45, 7) is 8.66. The van der Waals surface area contributed by atoms with Crippen LogP contribution in [0.2, 0.25) is 0 Å². The number of pyridine rings is 1. The fourth-order valence-electron chi connectivity index (χ4n) is 3.26. The summed E-state index contributed by atoms with van der Waals surface area (Å²) in [5.41, 5.74) is 5.51. The van der Waals surface area contributed by atoms with Gasteiger partial charge in [-0.3, -0.25) is 4.68 Å². The quantitative estimate of drug-likeness (QED) is 0.682. The molecule has 0 saturated heterocycles. The first-order valence-corrected chi connectivity index (χ1v) is 8.36. The number of carbonyl (C=O) groups is 1. The van der Waals surface area contributed by atoms with Crippen molar-refractivity contribution in [3.05, 3.63) is 28.7 Å². The molecule has 0 spiro atoms. The zero-order valence-corrected chi connectivity index (χ0v) is 15.5. The van der Waals surface area contributed by atoms with Gasteiger partial charge in [-0.25, -0.2) is 14.5 Å². The van der Waals surface area contributed by atoms with Gasteiger partial charge in [-0.05, 0) is 33.3 Å². The highest BCUT2D eigenvalue weighted by Crippen LogP contribution is 2.31. The monoisotopic (exact) mass is 341 g/mol. The van der Waals surface area contributed by atoms with Crippen LogP contribution in [0.25, 0.3) is 22.3 Å². The first kappa shape index (κ1) is 17.1. The second kappa shape index (κ2) is 6.31. The maximum absolute atomic E-state index is 12.4. The van der Waals surface area contributed by atoms with E-state index in [9.17, 15) is 4.79 Å². The first-order valence-electron chi connectivity index (χ1n) is 8.36. The van der Waals surface area contributed by atoms with Crippen molar-refractivity contribution in [1.82, 2.24) is 24.5 Å². The third-order valence-electron chi connectivity index (χ3n) is 4.48. The summed E-state index contributed by atoms with van der Waals surface area (Å²) < 4.78 is 8.69. The van der Waals surface area contributed by atoms with Gasteiger partial charge in [0.25, 0.3) is 0 Å². The largest absolute Gasteiger partial charge is 0.465 e. The summed E-state index contributed by atoms with van der Waals surface area (Å²) in [4.78, 5) is 17.2. The third kappa shape index (κ3) is 2.69. The fourth-order valence-corrected chi connectivity index (χ4v) is 3.26. The molecule has 3 aromatic heterocycles. The van der Waals surface area contributed by atoms with Crippen molar-refractivity contribution < 1.29 is 9.53 Å². The molecule has 0 radical (unpaired) electrons. The average Bonchev–Trinajstić information content (AvgIpc) is 3.02. The van der Waals surface area contributed by atoms with Crippen molar-refractivity contribution in [2.45, 2.75) is 40.7 Å². The lowest BCUT2D eigenvalue weighted by Crippen LogP contribution is -2.06. The summed E-state index contributed by atoms with van der Waals surface area (Å²) in [7, 11) is 3.29. The van der Waals surface area contributed by atoms with Gasteiger partial charge in [0.15, 0.2) is 5.65 Å². The molecule has 7 heteroatoms. The molecule has 0 aliphatic carbocycles. The minimum Gasteiger partial charge on any atom is -0.465 e. The van der Waals surface area contributed by atoms with Crippen LogP contribution >= 0.6 is 0 Å². The molecule has 7 nitrogen and oxygen atoms in total. The zero-order chi connectivity index (χ0) is 18.3. The average molecular weight is 341 g/mol. The Kier molecular flexibility index (Phi) is 4.32. The number of rotatable bonds is 4. The molecule has 0 aliphatic rings. The van der Waals surface area contributed by atoms with E-state index in [2.05, 4.69) is 17.1 Å². The number of aryl methyl sites for hydroxylation is 4. The number of ether oxygens (including phenoxy) is 1. The zero-order valence-electron chi connectivity index (χ0n) is 15.5. The molecule has 3 rings (SSSR count). The van der Waals surface area contributed by atoms with Gasteiger partial charge < -0.3 is 4.74 Å². The number of aromatic nitrogens is 5. The van der Waals surface area contributed by atoms with Crippen molar-refractivity contribution in [3.8, 4) is 11.3 Å². The normalized spacial score (nSPS) is 11.3. The van der Waals surface area contributed by atoms with Crippen LogP contribution in [0.15, 0.2) is 6.07 Å². The molecular formula is C18H23N5O2. The van der Waals surface area contributed by atoms with Crippen molar-refractivity contribution in [3.63, 3.8) is 0 Å². The lowest BCUT2D eigenvalue weighted by Gasteiger charge is -2.08. The van der Waals surface area contributed by atoms with Crippen LogP contribution in [-0.2, 0) is 18.3 Å². The molecule has 0 fully saturated rings. The molecule has 0 amide bonds. The van der Waals surface area contributed by atoms with Crippen LogP contribution in [0.4, 0.5) is 0 Å². The van der Waals surface area contributed by atoms with Crippen molar-refractivity contribution >= 4 is 17.0 Å². The number of hydrogen-bond donors (Lipinski definition) is 0. The van der Waals surface area contributed by atoms with Crippen LogP contribution in [0.3, 0.4) is 0 Å². The molecule has 3 heterocycles. The Morgan fingerprint density at radius 3 is 2.48 bits per heavy atom. The summed E-state index contributed by atoms with van der Waals surface area (Å²) >= 11 is 0. The van der Waals surface area contributed by atoms with E-state index in [1.165, 1.54) is 7.11 Å². The molecule has 0 atom stereocenters. The Morgan fingerprint density at radius 1 is 1.20 bits per heavy atom. The van der Waals surface area contributed by atoms with E-state index < -0.39 is 0 Å². The smallest absolute Gasteiger partial charge is 0.338 e. The molecule has 132 valence electrons. The molecule has 0 aliphatic heterocycles. The summed E-state index contributed by atoms with van der Waals surface area (Å²) in [5.74, 6) is -0.382. The Morgan fingerprint density at radius 2 is 1.92 bits per heavy atom. The molecule has 0 bridgehead atoms. The highest BCUT2D eigenvalue weighted by Gasteiger charge is 2.22. The maximum Gasteiger partial charge on any atom is 0.338 e. The van der Waals surface area contributed by atoms with Gasteiger partial charge in [-0.1, -0.05) is 6.92 Å². The topological polar surface area (TPSA) is 74.8 Å². The number of fused-ring (bicyclic) bond motifs is 1. The second-order valence-electron chi connectivity index (χ2n) is 6.22. The molecule has 0 saturated carbocycles. The number of methoxy groups -OCH3 is 1. The van der Waals surface area contributed by atoms with Gasteiger partial charge in [0.2, 0.25) is 0 Å². The predicted molar refractivity (Wildman–Crippen MR) is 95.6 cm³/mol. The number of hydrogen-bond acceptors (Lipinski definition) is 5. The number of nitrogens with zero attached hydrogens (tertiary/aromatic N) is 5. The van der Waals surface area contributed by atoms with Gasteiger partial charge >= 0.3 is 5.97 Å². The highest BCUT2D eigenvalue weighted by molar-refractivity contribution is 6.05. The molecule has 25 heavy (non-hydrogen) atoms. The summed E-state index contributed by atoms with van der Waals surface area (Å²) in [6, 6.07) is 1.79. The molecule has 0 unspecified atom stereocenters. The second-order valence-corrected chi connectivity index (χ2v) is 6.22. The molecule has 0 aromatic carbocycles. The molecule has 0 N–H and O–H groups in total. The van der Waals surface area contributed by atoms with Crippen LogP contribution < -0.4 is 0 Å². The minimum absolute atomic E-state index is 0.382. The van der Waals surface area contributed by atoms with E-state index in [0.717, 1.165) is 41.0 Å². The predicted octanol–water partition coefficient (Wildman–Crippen LogP) is 2.95. The number of esters is 1. The fraction of sp³-hybridized carbons (Fsp3) is 0.444. The van der Waals surface area contributed by atoms with Gasteiger partial charge in [0.1, 0.15) is 0 Å². The lowest BCUT2D eigenvalue weighted by molar-refractivity contribution is 0.0603. The van der Waals surface area contributed by atoms with Crippen LogP contribution in [0, 0.1) is 20.8 Å². The van der Waals surface area contributed by atoms with Crippen molar-refractivity contribution in [2.75, 3.05) is 7.11 Å². The van der Waals surface area contributed by atoms with Crippen molar-refractivity contribution in [2.24, 2.45) is 7.05 Å². The van der Waals surface area contributed by atoms with Gasteiger partial charge in [0.05, 0.1) is 35.1 Å².